The summed E-state index contributed by atoms with van der Waals surface area (Å²) in [5, 5.41) is 5.56. The highest BCUT2D eigenvalue weighted by atomic mass is 127. The summed E-state index contributed by atoms with van der Waals surface area (Å²) in [7, 11) is 1.72. The van der Waals surface area contributed by atoms with Gasteiger partial charge >= 0.3 is 5.97 Å². The number of methoxy groups -OCH3 is 1. The van der Waals surface area contributed by atoms with Crippen molar-refractivity contribution in [1.29, 1.82) is 0 Å². The maximum atomic E-state index is 14.8. The van der Waals surface area contributed by atoms with Gasteiger partial charge in [-0.2, -0.15) is 0 Å². The summed E-state index contributed by atoms with van der Waals surface area (Å²) in [5.41, 5.74) is 8.49. The first kappa shape index (κ1) is 49.3. The van der Waals surface area contributed by atoms with Crippen LogP contribution in [0.4, 0.5) is 0 Å². The van der Waals surface area contributed by atoms with Crippen molar-refractivity contribution in [3.63, 3.8) is 0 Å². The molecule has 4 aliphatic heterocycles. The van der Waals surface area contributed by atoms with Gasteiger partial charge in [-0.1, -0.05) is 87.2 Å². The number of hydrazine groups is 1. The van der Waals surface area contributed by atoms with Crippen molar-refractivity contribution in [2.45, 2.75) is 110 Å². The van der Waals surface area contributed by atoms with Crippen LogP contribution in [0.25, 0.3) is 33.3 Å². The minimum Gasteiger partial charge on any atom is -0.464 e. The fourth-order valence-corrected chi connectivity index (χ4v) is 11.1. The predicted molar refractivity (Wildman–Crippen MR) is 267 cm³/mol. The third-order valence-corrected chi connectivity index (χ3v) is 15.6. The number of fused-ring (bicyclic) bond motifs is 6. The molecule has 5 atom stereocenters. The van der Waals surface area contributed by atoms with Gasteiger partial charge in [0.25, 0.3) is 11.8 Å². The molecule has 8 rings (SSSR count). The van der Waals surface area contributed by atoms with Crippen LogP contribution in [0.2, 0.25) is 0 Å². The molecule has 1 unspecified atom stereocenters. The number of nitrogens with zero attached hydrogens (tertiary/aromatic N) is 5. The fourth-order valence-electron chi connectivity index (χ4n) is 10.4. The molecule has 4 amide bonds. The average molecular weight is 1040 g/mol. The molecule has 4 aromatic rings. The molecule has 0 saturated carbocycles. The first-order chi connectivity index (χ1) is 32.5. The molecule has 3 fully saturated rings. The van der Waals surface area contributed by atoms with E-state index in [1.807, 2.05) is 38.2 Å². The monoisotopic (exact) mass is 1040 g/mol. The number of cyclic esters (lactones) is 1. The molecule has 6 heterocycles. The van der Waals surface area contributed by atoms with E-state index < -0.39 is 52.5 Å². The maximum Gasteiger partial charge on any atom is 0.324 e. The number of pyridine rings is 1. The summed E-state index contributed by atoms with van der Waals surface area (Å²) in [4.78, 5) is 78.0. The Hall–Kier alpha value is -5.17. The molecule has 1 spiro atoms. The van der Waals surface area contributed by atoms with Gasteiger partial charge in [-0.05, 0) is 91.6 Å². The number of esters is 1. The summed E-state index contributed by atoms with van der Waals surface area (Å²) < 4.78 is 21.5. The number of hydrogen-bond donors (Lipinski definition) is 2. The number of nitrogens with one attached hydrogen (secondary N) is 2. The maximum absolute atomic E-state index is 14.8. The van der Waals surface area contributed by atoms with Crippen LogP contribution in [0.15, 0.2) is 73.4 Å². The van der Waals surface area contributed by atoms with Gasteiger partial charge in [-0.25, -0.2) is 5.43 Å². The van der Waals surface area contributed by atoms with Crippen LogP contribution < -0.4 is 10.7 Å². The third kappa shape index (κ3) is 9.32. The Morgan fingerprint density at radius 2 is 1.88 bits per heavy atom. The Morgan fingerprint density at radius 3 is 2.60 bits per heavy atom. The lowest BCUT2D eigenvalue weighted by molar-refractivity contribution is -0.155. The molecule has 362 valence electrons. The van der Waals surface area contributed by atoms with Crippen LogP contribution in [-0.2, 0) is 63.2 Å². The Morgan fingerprint density at radius 1 is 1.10 bits per heavy atom. The SMILES string of the molecule is C=CC(=O)N1CC[C@@]2(C1)OCN([C@H](C(=O)N[C@H]1Cc3cccc(c3)-c3ccc4c(c3)c(c(-c3cccnc3C(C)(CI)OC)n4CC)CC(C)(C)COC(=O)[C@@H]3CCCN(N3)C1=O)C(C)C)C2=O. The van der Waals surface area contributed by atoms with Crippen molar-refractivity contribution in [3.05, 3.63) is 90.3 Å². The van der Waals surface area contributed by atoms with E-state index in [0.29, 0.717) is 49.7 Å². The van der Waals surface area contributed by atoms with Gasteiger partial charge in [0.05, 0.1) is 24.5 Å². The minimum absolute atomic E-state index is 0.0661. The fraction of sp³-hybridized carbons (Fsp3) is 0.500. The van der Waals surface area contributed by atoms with Crippen molar-refractivity contribution in [3.8, 4) is 22.4 Å². The number of hydrogen-bond acceptors (Lipinski definition) is 10. The molecule has 16 heteroatoms. The Balaban J connectivity index is 1.20. The molecule has 6 bridgehead atoms. The summed E-state index contributed by atoms with van der Waals surface area (Å²) in [6, 6.07) is 15.8. The zero-order chi connectivity index (χ0) is 48.7. The normalized spacial score (nSPS) is 23.4. The minimum atomic E-state index is -1.26. The second-order valence-corrected chi connectivity index (χ2v) is 20.7. The van der Waals surface area contributed by atoms with Crippen molar-refractivity contribution in [2.75, 3.05) is 44.5 Å². The number of rotatable bonds is 10. The van der Waals surface area contributed by atoms with Crippen LogP contribution in [0.1, 0.15) is 77.6 Å². The Labute approximate surface area is 412 Å². The summed E-state index contributed by atoms with van der Waals surface area (Å²) in [6.45, 7) is 17.1. The van der Waals surface area contributed by atoms with Gasteiger partial charge in [-0.15, -0.1) is 0 Å². The number of likely N-dealkylation sites (tertiary alicyclic amines) is 1. The Bertz CT molecular complexity index is 2620. The third-order valence-electron chi connectivity index (χ3n) is 14.2. The van der Waals surface area contributed by atoms with E-state index in [2.05, 4.69) is 109 Å². The van der Waals surface area contributed by atoms with Gasteiger partial charge < -0.3 is 33.9 Å². The van der Waals surface area contributed by atoms with E-state index in [1.54, 1.807) is 7.11 Å². The van der Waals surface area contributed by atoms with Crippen molar-refractivity contribution in [1.82, 2.24) is 35.1 Å². The smallest absolute Gasteiger partial charge is 0.324 e. The number of aromatic nitrogens is 2. The number of amides is 4. The van der Waals surface area contributed by atoms with Crippen molar-refractivity contribution < 1.29 is 38.2 Å². The highest BCUT2D eigenvalue weighted by Crippen LogP contribution is 2.43. The Kier molecular flexibility index (Phi) is 14.3. The topological polar surface area (TPSA) is 165 Å². The first-order valence-corrected chi connectivity index (χ1v) is 25.2. The van der Waals surface area contributed by atoms with Gasteiger partial charge in [0.1, 0.15) is 30.5 Å². The van der Waals surface area contributed by atoms with Crippen LogP contribution in [0, 0.1) is 11.3 Å². The number of benzene rings is 2. The first-order valence-electron chi connectivity index (χ1n) is 23.7. The zero-order valence-corrected chi connectivity index (χ0v) is 42.4. The summed E-state index contributed by atoms with van der Waals surface area (Å²) in [5.74, 6) is -2.40. The van der Waals surface area contributed by atoms with Crippen LogP contribution in [0.5, 0.6) is 0 Å². The number of halogens is 1. The van der Waals surface area contributed by atoms with Crippen LogP contribution in [-0.4, -0.2) is 122 Å². The summed E-state index contributed by atoms with van der Waals surface area (Å²) >= 11 is 2.36. The van der Waals surface area contributed by atoms with Gasteiger partial charge in [0.15, 0.2) is 5.60 Å². The van der Waals surface area contributed by atoms with E-state index >= 15 is 0 Å². The average Bonchev–Trinajstić information content (AvgIpc) is 4.01. The molecule has 3 saturated heterocycles. The molecule has 0 aliphatic carbocycles. The van der Waals surface area contributed by atoms with E-state index in [0.717, 1.165) is 50.1 Å². The number of ether oxygens (including phenoxy) is 3. The lowest BCUT2D eigenvalue weighted by Crippen LogP contribution is -2.62. The lowest BCUT2D eigenvalue weighted by atomic mass is 9.83. The number of alkyl halides is 1. The molecule has 2 aromatic carbocycles. The molecule has 2 N–H and O–H groups in total. The highest BCUT2D eigenvalue weighted by Gasteiger charge is 2.56. The van der Waals surface area contributed by atoms with E-state index in [1.165, 1.54) is 20.9 Å². The van der Waals surface area contributed by atoms with Gasteiger partial charge in [0, 0.05) is 72.1 Å². The molecular weight excluding hydrogens is 978 g/mol. The van der Waals surface area contributed by atoms with Crippen molar-refractivity contribution in [2.24, 2.45) is 11.3 Å². The molecule has 4 aliphatic rings. The largest absolute Gasteiger partial charge is 0.464 e. The van der Waals surface area contributed by atoms with Gasteiger partial charge in [-0.3, -0.25) is 34.0 Å². The lowest BCUT2D eigenvalue weighted by Gasteiger charge is -2.36. The molecular formula is C52H64IN7O8. The number of carbonyl (C=O) groups is 5. The zero-order valence-electron chi connectivity index (χ0n) is 40.2. The predicted octanol–water partition coefficient (Wildman–Crippen LogP) is 6.33. The van der Waals surface area contributed by atoms with Gasteiger partial charge in [0.2, 0.25) is 11.8 Å². The molecule has 0 radical (unpaired) electrons. The molecule has 2 aromatic heterocycles. The van der Waals surface area contributed by atoms with Crippen LogP contribution >= 0.6 is 22.6 Å². The number of carbonyl (C=O) groups excluding carboxylic acids is 5. The van der Waals surface area contributed by atoms with Crippen molar-refractivity contribution >= 4 is 63.1 Å². The second-order valence-electron chi connectivity index (χ2n) is 19.9. The highest BCUT2D eigenvalue weighted by molar-refractivity contribution is 14.1. The van der Waals surface area contributed by atoms with Crippen LogP contribution in [0.3, 0.4) is 0 Å². The molecule has 68 heavy (non-hydrogen) atoms. The number of aryl methyl sites for hydroxylation is 1. The standard InChI is InChI=1S/C52H64IN7O8/c1-9-42(61)57-23-20-52(29-57)49(65)59(31-68-52)43(32(3)4)46(62)55-40-25-33-14-11-15-34(24-33)35-18-19-41-37(26-35)38(27-50(5,6)30-67-48(64)39-17-13-22-60(56-39)47(40)63)44(58(41)10-2)36-16-12-21-54-45(36)51(7,28-53)66-8/h9,11-12,14-16,18-19,21,24,26,32,39-40,43,56H,1,10,13,17,20,22-23,25,27-31H2,2-8H3,(H,55,62)/t39-,40-,43-,51?,52-/m0/s1. The van der Waals surface area contributed by atoms with E-state index in [4.69, 9.17) is 19.2 Å². The quantitative estimate of drug-likeness (QED) is 0.0794. The summed E-state index contributed by atoms with van der Waals surface area (Å²) in [6.07, 6.45) is 5.02. The van der Waals surface area contributed by atoms with E-state index in [-0.39, 0.29) is 44.0 Å². The van der Waals surface area contributed by atoms with E-state index in [9.17, 15) is 24.0 Å². The molecule has 15 nitrogen and oxygen atoms in total. The second kappa shape index (κ2) is 19.7.